The number of rotatable bonds is 3. The molecule has 12 heavy (non-hydrogen) atoms. The second-order valence-corrected chi connectivity index (χ2v) is 3.35. The van der Waals surface area contributed by atoms with E-state index in [0.717, 1.165) is 19.3 Å². The summed E-state index contributed by atoms with van der Waals surface area (Å²) in [6.07, 6.45) is 1.63. The molecule has 70 valence electrons. The van der Waals surface area contributed by atoms with Gasteiger partial charge in [0.25, 0.3) is 0 Å². The third kappa shape index (κ3) is 1.32. The maximum absolute atomic E-state index is 11.0. The number of aliphatic hydroxyl groups is 1. The van der Waals surface area contributed by atoms with Crippen molar-refractivity contribution in [2.75, 3.05) is 13.7 Å². The minimum absolute atomic E-state index is 0.350. The molecule has 0 aliphatic heterocycles. The van der Waals surface area contributed by atoms with E-state index in [1.165, 1.54) is 7.11 Å². The van der Waals surface area contributed by atoms with E-state index in [4.69, 9.17) is 5.73 Å². The van der Waals surface area contributed by atoms with Crippen molar-refractivity contribution in [2.45, 2.75) is 25.4 Å². The Kier molecular flexibility index (Phi) is 2.69. The first kappa shape index (κ1) is 9.48. The van der Waals surface area contributed by atoms with Crippen molar-refractivity contribution in [3.05, 3.63) is 0 Å². The minimum atomic E-state index is -1.04. The first-order valence-corrected chi connectivity index (χ1v) is 4.12. The number of hydrogen-bond donors (Lipinski definition) is 2. The van der Waals surface area contributed by atoms with E-state index < -0.39 is 17.5 Å². The summed E-state index contributed by atoms with van der Waals surface area (Å²) in [5.74, 6) is -0.569. The molecule has 0 aromatic heterocycles. The van der Waals surface area contributed by atoms with Crippen LogP contribution in [0.15, 0.2) is 0 Å². The maximum atomic E-state index is 11.0. The zero-order valence-corrected chi connectivity index (χ0v) is 7.25. The molecule has 4 nitrogen and oxygen atoms in total. The number of ether oxygens (including phenoxy) is 1. The zero-order valence-electron chi connectivity index (χ0n) is 7.25. The molecule has 1 fully saturated rings. The van der Waals surface area contributed by atoms with E-state index in [1.54, 1.807) is 0 Å². The Morgan fingerprint density at radius 2 is 2.33 bits per heavy atom. The number of nitrogens with two attached hydrogens (primary N) is 1. The van der Waals surface area contributed by atoms with E-state index in [1.807, 2.05) is 0 Å². The fourth-order valence-electron chi connectivity index (χ4n) is 1.58. The van der Waals surface area contributed by atoms with Crippen LogP contribution >= 0.6 is 0 Å². The van der Waals surface area contributed by atoms with Crippen LogP contribution in [0.25, 0.3) is 0 Å². The molecule has 0 saturated heterocycles. The number of hydrogen-bond acceptors (Lipinski definition) is 4. The molecule has 1 aliphatic rings. The Morgan fingerprint density at radius 3 is 2.58 bits per heavy atom. The third-order valence-corrected chi connectivity index (χ3v) is 2.76. The molecule has 0 amide bonds. The number of methoxy groups -OCH3 is 1. The lowest BCUT2D eigenvalue weighted by atomic mass is 9.65. The Hall–Kier alpha value is -0.610. The van der Waals surface area contributed by atoms with Crippen molar-refractivity contribution in [3.8, 4) is 0 Å². The summed E-state index contributed by atoms with van der Waals surface area (Å²) in [7, 11) is 1.27. The Labute approximate surface area is 71.7 Å². The largest absolute Gasteiger partial charge is 0.467 e. The second kappa shape index (κ2) is 3.41. The average molecular weight is 173 g/mol. The van der Waals surface area contributed by atoms with Gasteiger partial charge in [-0.25, -0.2) is 4.79 Å². The van der Waals surface area contributed by atoms with Crippen molar-refractivity contribution >= 4 is 5.97 Å². The van der Waals surface area contributed by atoms with E-state index >= 15 is 0 Å². The van der Waals surface area contributed by atoms with Gasteiger partial charge in [0, 0.05) is 12.0 Å². The van der Waals surface area contributed by atoms with Crippen molar-refractivity contribution in [2.24, 2.45) is 11.1 Å². The molecule has 1 aliphatic carbocycles. The molecular formula is C8H15NO3. The van der Waals surface area contributed by atoms with E-state index in [2.05, 4.69) is 4.74 Å². The lowest BCUT2D eigenvalue weighted by Gasteiger charge is -2.43. The van der Waals surface area contributed by atoms with Gasteiger partial charge in [0.15, 0.2) is 6.10 Å². The summed E-state index contributed by atoms with van der Waals surface area (Å²) < 4.78 is 4.45. The van der Waals surface area contributed by atoms with Crippen LogP contribution in [0.4, 0.5) is 0 Å². The van der Waals surface area contributed by atoms with Crippen molar-refractivity contribution in [1.82, 2.24) is 0 Å². The van der Waals surface area contributed by atoms with Crippen LogP contribution in [0.5, 0.6) is 0 Å². The molecule has 1 unspecified atom stereocenters. The number of esters is 1. The molecule has 0 spiro atoms. The predicted molar refractivity (Wildman–Crippen MR) is 43.4 cm³/mol. The number of aliphatic hydroxyl groups excluding tert-OH is 1. The van der Waals surface area contributed by atoms with Gasteiger partial charge in [0.2, 0.25) is 0 Å². The van der Waals surface area contributed by atoms with E-state index in [-0.39, 0.29) is 0 Å². The van der Waals surface area contributed by atoms with Crippen LogP contribution < -0.4 is 5.73 Å². The molecule has 0 bridgehead atoms. The summed E-state index contributed by atoms with van der Waals surface area (Å²) in [6.45, 7) is 0.350. The highest BCUT2D eigenvalue weighted by Crippen LogP contribution is 2.43. The molecule has 1 atom stereocenters. The monoisotopic (exact) mass is 173 g/mol. The number of carbonyl (C=O) groups is 1. The SMILES string of the molecule is COC(=O)C(O)C1(CN)CCC1. The van der Waals surface area contributed by atoms with E-state index in [9.17, 15) is 9.90 Å². The molecule has 3 N–H and O–H groups in total. The van der Waals surface area contributed by atoms with Gasteiger partial charge in [0.05, 0.1) is 7.11 Å². The average Bonchev–Trinajstić information content (AvgIpc) is 2.02. The lowest BCUT2D eigenvalue weighted by molar-refractivity contribution is -0.162. The first-order valence-electron chi connectivity index (χ1n) is 4.12. The van der Waals surface area contributed by atoms with Gasteiger partial charge in [-0.3, -0.25) is 0 Å². The molecule has 0 heterocycles. The zero-order chi connectivity index (χ0) is 9.19. The minimum Gasteiger partial charge on any atom is -0.467 e. The Bertz CT molecular complexity index is 172. The quantitative estimate of drug-likeness (QED) is 0.572. The highest BCUT2D eigenvalue weighted by Gasteiger charge is 2.46. The highest BCUT2D eigenvalue weighted by molar-refractivity contribution is 5.75. The van der Waals surface area contributed by atoms with E-state index in [0.29, 0.717) is 6.54 Å². The van der Waals surface area contributed by atoms with Crippen molar-refractivity contribution in [3.63, 3.8) is 0 Å². The van der Waals surface area contributed by atoms with Crippen LogP contribution in [-0.4, -0.2) is 30.8 Å². The Balaban J connectivity index is 2.59. The summed E-state index contributed by atoms with van der Waals surface area (Å²) in [4.78, 5) is 11.0. The van der Waals surface area contributed by atoms with Crippen LogP contribution in [0, 0.1) is 5.41 Å². The smallest absolute Gasteiger partial charge is 0.335 e. The van der Waals surface area contributed by atoms with Gasteiger partial charge in [-0.1, -0.05) is 6.42 Å². The summed E-state index contributed by atoms with van der Waals surface area (Å²) in [5, 5.41) is 9.53. The molecule has 4 heteroatoms. The van der Waals surface area contributed by atoms with Gasteiger partial charge in [-0.05, 0) is 12.8 Å². The fourth-order valence-corrected chi connectivity index (χ4v) is 1.58. The lowest BCUT2D eigenvalue weighted by Crippen LogP contribution is -2.51. The summed E-state index contributed by atoms with van der Waals surface area (Å²) >= 11 is 0. The van der Waals surface area contributed by atoms with Gasteiger partial charge < -0.3 is 15.6 Å². The molecule has 0 aromatic carbocycles. The normalized spacial score (nSPS) is 22.6. The van der Waals surface area contributed by atoms with Gasteiger partial charge in [-0.2, -0.15) is 0 Å². The fraction of sp³-hybridized carbons (Fsp3) is 0.875. The molecular weight excluding hydrogens is 158 g/mol. The molecule has 1 saturated carbocycles. The standard InChI is InChI=1S/C8H15NO3/c1-12-7(11)6(10)8(5-9)3-2-4-8/h6,10H,2-5,9H2,1H3. The predicted octanol–water partition coefficient (Wildman–Crippen LogP) is -0.351. The third-order valence-electron chi connectivity index (χ3n) is 2.76. The van der Waals surface area contributed by atoms with Gasteiger partial charge in [-0.15, -0.1) is 0 Å². The van der Waals surface area contributed by atoms with Crippen LogP contribution in [0.3, 0.4) is 0 Å². The first-order chi connectivity index (χ1) is 5.66. The van der Waals surface area contributed by atoms with Gasteiger partial charge >= 0.3 is 5.97 Å². The topological polar surface area (TPSA) is 72.5 Å². The van der Waals surface area contributed by atoms with Crippen LogP contribution in [0.2, 0.25) is 0 Å². The van der Waals surface area contributed by atoms with Crippen molar-refractivity contribution < 1.29 is 14.6 Å². The second-order valence-electron chi connectivity index (χ2n) is 3.35. The summed E-state index contributed by atoms with van der Waals surface area (Å²) in [5.41, 5.74) is 5.10. The van der Waals surface area contributed by atoms with Gasteiger partial charge in [0.1, 0.15) is 0 Å². The van der Waals surface area contributed by atoms with Crippen LogP contribution in [-0.2, 0) is 9.53 Å². The molecule has 1 rings (SSSR count). The summed E-state index contributed by atoms with van der Waals surface area (Å²) in [6, 6.07) is 0. The molecule has 0 aromatic rings. The highest BCUT2D eigenvalue weighted by atomic mass is 16.5. The van der Waals surface area contributed by atoms with Crippen molar-refractivity contribution in [1.29, 1.82) is 0 Å². The number of carbonyl (C=O) groups excluding carboxylic acids is 1. The van der Waals surface area contributed by atoms with Crippen LogP contribution in [0.1, 0.15) is 19.3 Å². The molecule has 0 radical (unpaired) electrons. The maximum Gasteiger partial charge on any atom is 0.335 e. The Morgan fingerprint density at radius 1 is 1.75 bits per heavy atom.